The zero-order valence-electron chi connectivity index (χ0n) is 9.12. The van der Waals surface area contributed by atoms with Gasteiger partial charge in [-0.2, -0.15) is 5.26 Å². The first-order chi connectivity index (χ1) is 8.13. The van der Waals surface area contributed by atoms with Gasteiger partial charge in [0.2, 0.25) is 0 Å². The fraction of sp³-hybridized carbons (Fsp3) is 0.385. The fourth-order valence-electron chi connectivity index (χ4n) is 1.81. The number of nitriles is 1. The van der Waals surface area contributed by atoms with Crippen LogP contribution in [0.15, 0.2) is 18.2 Å². The van der Waals surface area contributed by atoms with Crippen LogP contribution in [0.1, 0.15) is 30.7 Å². The van der Waals surface area contributed by atoms with Crippen LogP contribution in [-0.2, 0) is 4.79 Å². The molecule has 88 valence electrons. The van der Waals surface area contributed by atoms with Crippen molar-refractivity contribution in [1.29, 1.82) is 5.26 Å². The second-order valence-corrected chi connectivity index (χ2v) is 5.13. The third-order valence-corrected chi connectivity index (χ3v) is 3.59. The summed E-state index contributed by atoms with van der Waals surface area (Å²) in [6.45, 7) is 0. The minimum atomic E-state index is -0.836. The summed E-state index contributed by atoms with van der Waals surface area (Å²) in [6, 6.07) is 7.02. The highest BCUT2D eigenvalue weighted by Gasteiger charge is 2.31. The van der Waals surface area contributed by atoms with E-state index in [0.717, 1.165) is 12.8 Å². The first-order valence-electron chi connectivity index (χ1n) is 5.49. The Hall–Kier alpha value is -1.04. The molecule has 1 fully saturated rings. The summed E-state index contributed by atoms with van der Waals surface area (Å²) in [5.74, 6) is -0.457. The molecule has 0 heterocycles. The summed E-state index contributed by atoms with van der Waals surface area (Å²) < 4.78 is 0. The maximum atomic E-state index is 12.0. The second kappa shape index (κ2) is 5.08. The van der Waals surface area contributed by atoms with Gasteiger partial charge >= 0.3 is 0 Å². The molecule has 1 aromatic rings. The van der Waals surface area contributed by atoms with E-state index in [1.54, 1.807) is 18.2 Å². The van der Waals surface area contributed by atoms with Gasteiger partial charge in [0.05, 0.1) is 6.07 Å². The normalized spacial score (nSPS) is 16.3. The van der Waals surface area contributed by atoms with Crippen molar-refractivity contribution >= 4 is 29.0 Å². The van der Waals surface area contributed by atoms with Gasteiger partial charge in [-0.25, -0.2) is 0 Å². The van der Waals surface area contributed by atoms with Gasteiger partial charge in [0, 0.05) is 22.0 Å². The highest BCUT2D eigenvalue weighted by molar-refractivity contribution is 6.36. The van der Waals surface area contributed by atoms with Crippen molar-refractivity contribution in [1.82, 2.24) is 0 Å². The van der Waals surface area contributed by atoms with Crippen LogP contribution in [0.5, 0.6) is 0 Å². The van der Waals surface area contributed by atoms with E-state index in [2.05, 4.69) is 0 Å². The molecule has 17 heavy (non-hydrogen) atoms. The maximum absolute atomic E-state index is 12.0. The molecule has 0 aliphatic heterocycles. The van der Waals surface area contributed by atoms with Gasteiger partial charge < -0.3 is 0 Å². The Labute approximate surface area is 110 Å². The van der Waals surface area contributed by atoms with E-state index in [9.17, 15) is 4.79 Å². The van der Waals surface area contributed by atoms with E-state index in [-0.39, 0.29) is 5.78 Å². The highest BCUT2D eigenvalue weighted by Crippen LogP contribution is 2.37. The smallest absolute Gasteiger partial charge is 0.154 e. The zero-order valence-corrected chi connectivity index (χ0v) is 10.6. The molecule has 1 aromatic carbocycles. The number of halogens is 2. The Morgan fingerprint density at radius 3 is 2.47 bits per heavy atom. The molecule has 1 unspecified atom stereocenters. The lowest BCUT2D eigenvalue weighted by molar-refractivity contribution is -0.119. The summed E-state index contributed by atoms with van der Waals surface area (Å²) in [7, 11) is 0. The van der Waals surface area contributed by atoms with Crippen LogP contribution >= 0.6 is 23.2 Å². The van der Waals surface area contributed by atoms with Gasteiger partial charge in [-0.05, 0) is 30.9 Å². The van der Waals surface area contributed by atoms with Crippen molar-refractivity contribution < 1.29 is 4.79 Å². The minimum Gasteiger partial charge on any atom is -0.298 e. The minimum absolute atomic E-state index is 0.0787. The standard InChI is InChI=1S/C13H11Cl2NO/c14-10-2-1-3-11(15)13(10)9(7-16)12(17)6-8-4-5-8/h1-3,8-9H,4-6H2. The van der Waals surface area contributed by atoms with E-state index in [1.165, 1.54) is 0 Å². The number of Topliss-reactive ketones (excluding diaryl/α,β-unsaturated/α-hetero) is 1. The molecular weight excluding hydrogens is 257 g/mol. The molecule has 0 amide bonds. The number of hydrogen-bond donors (Lipinski definition) is 0. The van der Waals surface area contributed by atoms with E-state index < -0.39 is 5.92 Å². The van der Waals surface area contributed by atoms with Crippen LogP contribution in [-0.4, -0.2) is 5.78 Å². The van der Waals surface area contributed by atoms with Crippen molar-refractivity contribution in [3.8, 4) is 6.07 Å². The lowest BCUT2D eigenvalue weighted by Gasteiger charge is -2.11. The first kappa shape index (κ1) is 12.4. The summed E-state index contributed by atoms with van der Waals surface area (Å²) in [5.41, 5.74) is 0.448. The Morgan fingerprint density at radius 2 is 2.00 bits per heavy atom. The van der Waals surface area contributed by atoms with Crippen molar-refractivity contribution in [2.24, 2.45) is 5.92 Å². The SMILES string of the molecule is N#CC(C(=O)CC1CC1)c1c(Cl)cccc1Cl. The third-order valence-electron chi connectivity index (χ3n) is 2.93. The zero-order chi connectivity index (χ0) is 12.4. The Kier molecular flexibility index (Phi) is 3.71. The summed E-state index contributed by atoms with van der Waals surface area (Å²) in [5, 5.41) is 9.91. The lowest BCUT2D eigenvalue weighted by atomic mass is 9.93. The van der Waals surface area contributed by atoms with Crippen LogP contribution < -0.4 is 0 Å². The molecule has 0 bridgehead atoms. The number of nitrogens with zero attached hydrogens (tertiary/aromatic N) is 1. The molecule has 1 saturated carbocycles. The molecule has 0 saturated heterocycles. The quantitative estimate of drug-likeness (QED) is 0.828. The van der Waals surface area contributed by atoms with Gasteiger partial charge in [-0.3, -0.25) is 4.79 Å². The van der Waals surface area contributed by atoms with Crippen LogP contribution in [0.25, 0.3) is 0 Å². The molecule has 0 aromatic heterocycles. The van der Waals surface area contributed by atoms with Crippen molar-refractivity contribution in [2.75, 3.05) is 0 Å². The van der Waals surface area contributed by atoms with Gasteiger partial charge in [0.25, 0.3) is 0 Å². The van der Waals surface area contributed by atoms with Crippen LogP contribution in [0.2, 0.25) is 10.0 Å². The average molecular weight is 268 g/mol. The Bertz CT molecular complexity index is 468. The predicted molar refractivity (Wildman–Crippen MR) is 67.2 cm³/mol. The number of carbonyl (C=O) groups excluding carboxylic acids is 1. The molecule has 0 spiro atoms. The van der Waals surface area contributed by atoms with Crippen LogP contribution in [0, 0.1) is 17.2 Å². The van der Waals surface area contributed by atoms with Gasteiger partial charge in [0.15, 0.2) is 5.78 Å². The Balaban J connectivity index is 2.28. The van der Waals surface area contributed by atoms with Crippen molar-refractivity contribution in [2.45, 2.75) is 25.2 Å². The summed E-state index contributed by atoms with van der Waals surface area (Å²) >= 11 is 12.0. The maximum Gasteiger partial charge on any atom is 0.154 e. The highest BCUT2D eigenvalue weighted by atomic mass is 35.5. The lowest BCUT2D eigenvalue weighted by Crippen LogP contribution is -2.12. The van der Waals surface area contributed by atoms with E-state index in [4.69, 9.17) is 28.5 Å². The molecule has 1 aliphatic rings. The fourth-order valence-corrected chi connectivity index (χ4v) is 2.42. The molecule has 4 heteroatoms. The van der Waals surface area contributed by atoms with Crippen LogP contribution in [0.3, 0.4) is 0 Å². The molecule has 1 atom stereocenters. The largest absolute Gasteiger partial charge is 0.298 e. The number of benzene rings is 1. The first-order valence-corrected chi connectivity index (χ1v) is 6.25. The topological polar surface area (TPSA) is 40.9 Å². The van der Waals surface area contributed by atoms with E-state index >= 15 is 0 Å². The van der Waals surface area contributed by atoms with Gasteiger partial charge in [-0.1, -0.05) is 29.3 Å². The van der Waals surface area contributed by atoms with Gasteiger partial charge in [-0.15, -0.1) is 0 Å². The third kappa shape index (κ3) is 2.80. The van der Waals surface area contributed by atoms with E-state index in [1.807, 2.05) is 6.07 Å². The molecule has 2 rings (SSSR count). The monoisotopic (exact) mass is 267 g/mol. The summed E-state index contributed by atoms with van der Waals surface area (Å²) in [6.07, 6.45) is 2.63. The summed E-state index contributed by atoms with van der Waals surface area (Å²) in [4.78, 5) is 12.0. The van der Waals surface area contributed by atoms with E-state index in [0.29, 0.717) is 27.9 Å². The average Bonchev–Trinajstić information content (AvgIpc) is 3.07. The van der Waals surface area contributed by atoms with Gasteiger partial charge in [0.1, 0.15) is 5.92 Å². The number of rotatable bonds is 4. The van der Waals surface area contributed by atoms with Crippen molar-refractivity contribution in [3.05, 3.63) is 33.8 Å². The molecule has 1 aliphatic carbocycles. The molecule has 2 nitrogen and oxygen atoms in total. The van der Waals surface area contributed by atoms with Crippen LogP contribution in [0.4, 0.5) is 0 Å². The molecule has 0 radical (unpaired) electrons. The molecular formula is C13H11Cl2NO. The predicted octanol–water partition coefficient (Wildman–Crippen LogP) is 3.97. The Morgan fingerprint density at radius 1 is 1.41 bits per heavy atom. The van der Waals surface area contributed by atoms with Crippen molar-refractivity contribution in [3.63, 3.8) is 0 Å². The molecule has 0 N–H and O–H groups in total. The second-order valence-electron chi connectivity index (χ2n) is 4.31. The number of hydrogen-bond acceptors (Lipinski definition) is 2. The number of ketones is 1. The number of carbonyl (C=O) groups is 1.